The number of hydrogen-bond acceptors (Lipinski definition) is 3. The van der Waals surface area contributed by atoms with Crippen LogP contribution in [0, 0.1) is 6.92 Å². The van der Waals surface area contributed by atoms with Gasteiger partial charge in [0.1, 0.15) is 24.3 Å². The van der Waals surface area contributed by atoms with Gasteiger partial charge in [0.05, 0.1) is 17.6 Å². The third kappa shape index (κ3) is 4.57. The van der Waals surface area contributed by atoms with Gasteiger partial charge < -0.3 is 14.4 Å². The molecular weight excluding hydrogens is 348 g/mol. The minimum absolute atomic E-state index is 0. The highest BCUT2D eigenvalue weighted by Crippen LogP contribution is 2.24. The van der Waals surface area contributed by atoms with Crippen molar-refractivity contribution in [2.45, 2.75) is 45.8 Å². The number of nitrogens with zero attached hydrogens (tertiary/aromatic N) is 2. The average molecular weight is 375 g/mol. The zero-order valence-corrected chi connectivity index (χ0v) is 16.4. The van der Waals surface area contributed by atoms with Crippen molar-refractivity contribution in [2.75, 3.05) is 6.61 Å². The lowest BCUT2D eigenvalue weighted by molar-refractivity contribution is 0.0924. The van der Waals surface area contributed by atoms with Crippen molar-refractivity contribution in [3.8, 4) is 5.75 Å². The Morgan fingerprint density at radius 3 is 2.50 bits per heavy atom. The smallest absolute Gasteiger partial charge is 0.119 e. The maximum atomic E-state index is 10.5. The highest BCUT2D eigenvalue weighted by Gasteiger charge is 2.18. The van der Waals surface area contributed by atoms with E-state index in [2.05, 4.69) is 24.5 Å². The molecule has 0 aliphatic heterocycles. The molecule has 1 heterocycles. The lowest BCUT2D eigenvalue weighted by atomic mass is 10.1. The molecule has 0 amide bonds. The molecule has 0 spiro atoms. The Kier molecular flexibility index (Phi) is 7.06. The zero-order valence-electron chi connectivity index (χ0n) is 15.6. The van der Waals surface area contributed by atoms with Crippen LogP contribution in [0.2, 0.25) is 0 Å². The number of para-hydroxylation sites is 2. The molecule has 0 saturated carbocycles. The van der Waals surface area contributed by atoms with Crippen molar-refractivity contribution in [2.24, 2.45) is 0 Å². The first kappa shape index (κ1) is 20.3. The van der Waals surface area contributed by atoms with E-state index >= 15 is 0 Å². The summed E-state index contributed by atoms with van der Waals surface area (Å²) in [6, 6.07) is 16.0. The van der Waals surface area contributed by atoms with Crippen molar-refractivity contribution >= 4 is 23.4 Å². The Balaban J connectivity index is 0.00000243. The van der Waals surface area contributed by atoms with Crippen molar-refractivity contribution in [1.82, 2.24) is 9.55 Å². The molecular formula is C21H27ClN2O2. The van der Waals surface area contributed by atoms with Crippen LogP contribution < -0.4 is 4.74 Å². The topological polar surface area (TPSA) is 47.3 Å². The number of fused-ring (bicyclic) bond motifs is 1. The van der Waals surface area contributed by atoms with Crippen LogP contribution in [0.5, 0.6) is 5.75 Å². The fraction of sp³-hybridized carbons (Fsp3) is 0.381. The summed E-state index contributed by atoms with van der Waals surface area (Å²) in [6.45, 7) is 7.11. The minimum Gasteiger partial charge on any atom is -0.491 e. The first-order valence-corrected chi connectivity index (χ1v) is 8.91. The Morgan fingerprint density at radius 2 is 1.81 bits per heavy atom. The molecule has 5 heteroatoms. The summed E-state index contributed by atoms with van der Waals surface area (Å²) in [6.07, 6.45) is 0.418. The lowest BCUT2D eigenvalue weighted by Crippen LogP contribution is -2.25. The van der Waals surface area contributed by atoms with Crippen LogP contribution in [0.3, 0.4) is 0 Å². The molecule has 0 aliphatic rings. The minimum atomic E-state index is -0.596. The van der Waals surface area contributed by atoms with Gasteiger partial charge in [0.2, 0.25) is 0 Å². The maximum Gasteiger partial charge on any atom is 0.119 e. The normalized spacial score (nSPS) is 13.2. The molecule has 2 atom stereocenters. The van der Waals surface area contributed by atoms with Gasteiger partial charge in [-0.1, -0.05) is 43.7 Å². The number of aliphatic hydroxyl groups excluding tert-OH is 1. The van der Waals surface area contributed by atoms with Crippen molar-refractivity contribution in [3.05, 3.63) is 59.9 Å². The van der Waals surface area contributed by atoms with Gasteiger partial charge in [-0.2, -0.15) is 0 Å². The Morgan fingerprint density at radius 1 is 1.12 bits per heavy atom. The fourth-order valence-corrected chi connectivity index (χ4v) is 2.94. The van der Waals surface area contributed by atoms with Crippen LogP contribution >= 0.6 is 12.4 Å². The molecule has 26 heavy (non-hydrogen) atoms. The molecule has 0 fully saturated rings. The maximum absolute atomic E-state index is 10.5. The van der Waals surface area contributed by atoms with Gasteiger partial charge in [-0.25, -0.2) is 4.98 Å². The molecule has 0 saturated heterocycles. The van der Waals surface area contributed by atoms with Crippen LogP contribution in [-0.2, 0) is 6.54 Å². The zero-order chi connectivity index (χ0) is 17.8. The quantitative estimate of drug-likeness (QED) is 0.650. The molecule has 0 bridgehead atoms. The number of rotatable bonds is 7. The van der Waals surface area contributed by atoms with Crippen LogP contribution in [-0.4, -0.2) is 27.4 Å². The number of aryl methyl sites for hydroxylation is 1. The molecule has 4 nitrogen and oxygen atoms in total. The molecule has 0 radical (unpaired) electrons. The predicted octanol–water partition coefficient (Wildman–Crippen LogP) is 4.72. The average Bonchev–Trinajstić information content (AvgIpc) is 2.99. The van der Waals surface area contributed by atoms with Crippen LogP contribution in [0.15, 0.2) is 48.5 Å². The summed E-state index contributed by atoms with van der Waals surface area (Å²) >= 11 is 0. The van der Waals surface area contributed by atoms with E-state index in [9.17, 15) is 5.11 Å². The second-order valence-corrected chi connectivity index (χ2v) is 6.66. The highest BCUT2D eigenvalue weighted by atomic mass is 35.5. The van der Waals surface area contributed by atoms with Crippen LogP contribution in [0.4, 0.5) is 0 Å². The summed E-state index contributed by atoms with van der Waals surface area (Å²) in [4.78, 5) is 4.78. The van der Waals surface area contributed by atoms with E-state index in [0.717, 1.165) is 29.0 Å². The number of benzene rings is 2. The van der Waals surface area contributed by atoms with E-state index in [0.29, 0.717) is 12.5 Å². The van der Waals surface area contributed by atoms with E-state index in [1.807, 2.05) is 49.4 Å². The number of aromatic nitrogens is 2. The predicted molar refractivity (Wildman–Crippen MR) is 108 cm³/mol. The molecule has 0 aliphatic carbocycles. The number of aliphatic hydroxyl groups is 1. The van der Waals surface area contributed by atoms with E-state index in [-0.39, 0.29) is 19.0 Å². The Hall–Kier alpha value is -2.04. The first-order chi connectivity index (χ1) is 12.1. The lowest BCUT2D eigenvalue weighted by Gasteiger charge is -2.17. The van der Waals surface area contributed by atoms with Gasteiger partial charge >= 0.3 is 0 Å². The van der Waals surface area contributed by atoms with Gasteiger partial charge in [0.15, 0.2) is 0 Å². The number of ether oxygens (including phenoxy) is 1. The molecule has 2 aromatic carbocycles. The van der Waals surface area contributed by atoms with Crippen LogP contribution in [0.1, 0.15) is 37.6 Å². The van der Waals surface area contributed by atoms with Gasteiger partial charge in [-0.15, -0.1) is 12.4 Å². The third-order valence-electron chi connectivity index (χ3n) is 4.59. The third-order valence-corrected chi connectivity index (χ3v) is 4.59. The molecule has 1 aromatic heterocycles. The molecule has 3 rings (SSSR count). The fourth-order valence-electron chi connectivity index (χ4n) is 2.94. The summed E-state index contributed by atoms with van der Waals surface area (Å²) < 4.78 is 7.86. The summed E-state index contributed by atoms with van der Waals surface area (Å²) in [7, 11) is 0. The number of hydrogen-bond donors (Lipinski definition) is 1. The first-order valence-electron chi connectivity index (χ1n) is 8.91. The number of imidazole rings is 1. The second kappa shape index (κ2) is 9.06. The summed E-state index contributed by atoms with van der Waals surface area (Å²) in [5.74, 6) is 2.15. The highest BCUT2D eigenvalue weighted by molar-refractivity contribution is 5.85. The molecule has 3 aromatic rings. The Labute approximate surface area is 161 Å². The molecule has 2 unspecified atom stereocenters. The number of halogens is 1. The van der Waals surface area contributed by atoms with Crippen molar-refractivity contribution in [1.29, 1.82) is 0 Å². The second-order valence-electron chi connectivity index (χ2n) is 6.66. The van der Waals surface area contributed by atoms with Crippen LogP contribution in [0.25, 0.3) is 11.0 Å². The summed E-state index contributed by atoms with van der Waals surface area (Å²) in [5.41, 5.74) is 3.23. The van der Waals surface area contributed by atoms with E-state index in [4.69, 9.17) is 9.72 Å². The van der Waals surface area contributed by atoms with Gasteiger partial charge in [0, 0.05) is 5.92 Å². The van der Waals surface area contributed by atoms with Gasteiger partial charge in [-0.3, -0.25) is 0 Å². The monoisotopic (exact) mass is 374 g/mol. The van der Waals surface area contributed by atoms with Crippen molar-refractivity contribution < 1.29 is 9.84 Å². The van der Waals surface area contributed by atoms with E-state index in [1.54, 1.807) is 0 Å². The molecule has 1 N–H and O–H groups in total. The van der Waals surface area contributed by atoms with Gasteiger partial charge in [-0.05, 0) is 37.6 Å². The Bertz CT molecular complexity index is 830. The standard InChI is InChI=1S/C21H26N2O2.ClH/c1-4-16(3)21-22-19-7-5-6-8-20(19)23(21)13-17(24)14-25-18-11-9-15(2)10-12-18;/h5-12,16-17,24H,4,13-14H2,1-3H3;1H. The largest absolute Gasteiger partial charge is 0.491 e. The van der Waals surface area contributed by atoms with Gasteiger partial charge in [0.25, 0.3) is 0 Å². The SMILES string of the molecule is CCC(C)c1nc2ccccc2n1CC(O)COc1ccc(C)cc1.Cl. The van der Waals surface area contributed by atoms with E-state index in [1.165, 1.54) is 5.56 Å². The van der Waals surface area contributed by atoms with E-state index < -0.39 is 6.10 Å². The summed E-state index contributed by atoms with van der Waals surface area (Å²) in [5, 5.41) is 10.5. The molecule has 140 valence electrons. The van der Waals surface area contributed by atoms with Crippen molar-refractivity contribution in [3.63, 3.8) is 0 Å².